The highest BCUT2D eigenvalue weighted by Crippen LogP contribution is 2.33. The predicted octanol–water partition coefficient (Wildman–Crippen LogP) is 1.48. The van der Waals surface area contributed by atoms with Gasteiger partial charge in [0.25, 0.3) is 0 Å². The third kappa shape index (κ3) is 1.22. The first kappa shape index (κ1) is 7.73. The Bertz CT molecular complexity index is 308. The van der Waals surface area contributed by atoms with Crippen LogP contribution in [-0.4, -0.2) is 15.5 Å². The predicted molar refractivity (Wildman–Crippen MR) is 52.7 cm³/mol. The number of aromatic nitrogens is 2. The van der Waals surface area contributed by atoms with E-state index in [4.69, 9.17) is 5.73 Å². The van der Waals surface area contributed by atoms with Crippen LogP contribution in [0.4, 0.5) is 5.82 Å². The van der Waals surface area contributed by atoms with Gasteiger partial charge in [0.15, 0.2) is 0 Å². The highest BCUT2D eigenvalue weighted by Gasteiger charge is 2.11. The van der Waals surface area contributed by atoms with Gasteiger partial charge in [0.1, 0.15) is 11.5 Å². The van der Waals surface area contributed by atoms with Crippen molar-refractivity contribution < 1.29 is 0 Å². The minimum atomic E-state index is 0.721. The van der Waals surface area contributed by atoms with Gasteiger partial charge in [0.2, 0.25) is 0 Å². The van der Waals surface area contributed by atoms with E-state index in [-0.39, 0.29) is 0 Å². The fourth-order valence-electron chi connectivity index (χ4n) is 1.20. The molecule has 1 aromatic rings. The van der Waals surface area contributed by atoms with Crippen molar-refractivity contribution >= 4 is 22.5 Å². The second kappa shape index (κ2) is 2.86. The molecule has 0 bridgehead atoms. The third-order valence-electron chi connectivity index (χ3n) is 1.87. The second-order valence-electron chi connectivity index (χ2n) is 2.78. The Morgan fingerprint density at radius 1 is 1.67 bits per heavy atom. The number of hydrogen-bond acceptors (Lipinski definition) is 3. The Kier molecular flexibility index (Phi) is 1.84. The van der Waals surface area contributed by atoms with Crippen molar-refractivity contribution in [3.05, 3.63) is 17.8 Å². The highest BCUT2D eigenvalue weighted by atomic mass is 32.2. The zero-order valence-corrected chi connectivity index (χ0v) is 7.77. The smallest absolute Gasteiger partial charge is 0.121 e. The van der Waals surface area contributed by atoms with Crippen LogP contribution in [0.3, 0.4) is 0 Å². The normalized spacial score (nSPS) is 16.6. The molecule has 0 atom stereocenters. The molecule has 1 aliphatic heterocycles. The molecule has 0 saturated carbocycles. The summed E-state index contributed by atoms with van der Waals surface area (Å²) in [5.74, 6) is 1.89. The summed E-state index contributed by atoms with van der Waals surface area (Å²) in [7, 11) is 1.86. The average molecular weight is 181 g/mol. The zero-order chi connectivity index (χ0) is 8.55. The summed E-state index contributed by atoms with van der Waals surface area (Å²) in [6.45, 7) is 0. The first-order chi connectivity index (χ1) is 5.77. The standard InChI is InChI=1S/C8H11N3S/c1-11-8(9)5-6(10-11)7-3-2-4-12-7/h3,5H,2,4,9H2,1H3. The molecular weight excluding hydrogens is 170 g/mol. The van der Waals surface area contributed by atoms with Crippen LogP contribution >= 0.6 is 11.8 Å². The van der Waals surface area contributed by atoms with Crippen LogP contribution < -0.4 is 5.73 Å². The Hall–Kier alpha value is -0.900. The molecule has 12 heavy (non-hydrogen) atoms. The molecular formula is C8H11N3S. The highest BCUT2D eigenvalue weighted by molar-refractivity contribution is 8.08. The number of nitrogens with zero attached hydrogens (tertiary/aromatic N) is 2. The molecule has 0 unspecified atom stereocenters. The topological polar surface area (TPSA) is 43.8 Å². The summed E-state index contributed by atoms with van der Waals surface area (Å²) in [4.78, 5) is 1.27. The lowest BCUT2D eigenvalue weighted by Crippen LogP contribution is -1.96. The molecule has 1 aliphatic rings. The molecule has 3 nitrogen and oxygen atoms in total. The molecule has 1 aromatic heterocycles. The summed E-state index contributed by atoms with van der Waals surface area (Å²) < 4.78 is 1.70. The average Bonchev–Trinajstić information content (AvgIpc) is 2.61. The lowest BCUT2D eigenvalue weighted by molar-refractivity contribution is 0.775. The van der Waals surface area contributed by atoms with E-state index in [0.29, 0.717) is 0 Å². The maximum atomic E-state index is 5.67. The van der Waals surface area contributed by atoms with Crippen LogP contribution in [0.1, 0.15) is 12.1 Å². The number of nitrogens with two attached hydrogens (primary N) is 1. The van der Waals surface area contributed by atoms with Crippen LogP contribution in [-0.2, 0) is 7.05 Å². The minimum Gasteiger partial charge on any atom is -0.384 e. The maximum absolute atomic E-state index is 5.67. The summed E-state index contributed by atoms with van der Waals surface area (Å²) >= 11 is 1.85. The largest absolute Gasteiger partial charge is 0.384 e. The molecule has 0 spiro atoms. The lowest BCUT2D eigenvalue weighted by atomic mass is 10.3. The second-order valence-corrected chi connectivity index (χ2v) is 3.92. The Morgan fingerprint density at radius 3 is 3.00 bits per heavy atom. The maximum Gasteiger partial charge on any atom is 0.121 e. The summed E-state index contributed by atoms with van der Waals surface area (Å²) in [6, 6.07) is 1.92. The molecule has 0 aromatic carbocycles. The van der Waals surface area contributed by atoms with Crippen LogP contribution in [0.2, 0.25) is 0 Å². The number of allylic oxidation sites excluding steroid dienone is 1. The van der Waals surface area contributed by atoms with Gasteiger partial charge < -0.3 is 5.73 Å². The van der Waals surface area contributed by atoms with E-state index < -0.39 is 0 Å². The van der Waals surface area contributed by atoms with Crippen LogP contribution in [0.5, 0.6) is 0 Å². The van der Waals surface area contributed by atoms with Crippen molar-refractivity contribution in [3.63, 3.8) is 0 Å². The lowest BCUT2D eigenvalue weighted by Gasteiger charge is -1.92. The Balaban J connectivity index is 2.34. The molecule has 4 heteroatoms. The van der Waals surface area contributed by atoms with Gasteiger partial charge in [-0.25, -0.2) is 0 Å². The number of hydrogen-bond donors (Lipinski definition) is 1. The van der Waals surface area contributed by atoms with Gasteiger partial charge in [-0.05, 0) is 6.42 Å². The van der Waals surface area contributed by atoms with E-state index in [1.54, 1.807) is 4.68 Å². The Labute approximate surface area is 75.6 Å². The monoisotopic (exact) mass is 181 g/mol. The third-order valence-corrected chi connectivity index (χ3v) is 3.00. The van der Waals surface area contributed by atoms with E-state index in [9.17, 15) is 0 Å². The molecule has 0 fully saturated rings. The fourth-order valence-corrected chi connectivity index (χ4v) is 2.14. The van der Waals surface area contributed by atoms with Crippen molar-refractivity contribution in [3.8, 4) is 0 Å². The summed E-state index contributed by atoms with van der Waals surface area (Å²) in [5, 5.41) is 4.29. The molecule has 0 aliphatic carbocycles. The van der Waals surface area contributed by atoms with E-state index in [1.807, 2.05) is 24.9 Å². The van der Waals surface area contributed by atoms with Gasteiger partial charge in [-0.3, -0.25) is 4.68 Å². The quantitative estimate of drug-likeness (QED) is 0.713. The molecule has 2 rings (SSSR count). The summed E-state index contributed by atoms with van der Waals surface area (Å²) in [5.41, 5.74) is 6.68. The Morgan fingerprint density at radius 2 is 2.50 bits per heavy atom. The van der Waals surface area contributed by atoms with Crippen molar-refractivity contribution in [2.45, 2.75) is 6.42 Å². The molecule has 0 radical (unpaired) electrons. The summed E-state index contributed by atoms with van der Waals surface area (Å²) in [6.07, 6.45) is 3.36. The van der Waals surface area contributed by atoms with Crippen molar-refractivity contribution in [1.29, 1.82) is 0 Å². The van der Waals surface area contributed by atoms with Gasteiger partial charge >= 0.3 is 0 Å². The number of thioether (sulfide) groups is 1. The fraction of sp³-hybridized carbons (Fsp3) is 0.375. The van der Waals surface area contributed by atoms with Gasteiger partial charge in [-0.1, -0.05) is 6.08 Å². The van der Waals surface area contributed by atoms with Gasteiger partial charge in [-0.2, -0.15) is 5.10 Å². The van der Waals surface area contributed by atoms with E-state index in [1.165, 1.54) is 10.7 Å². The number of rotatable bonds is 1. The van der Waals surface area contributed by atoms with E-state index in [0.717, 1.165) is 17.9 Å². The van der Waals surface area contributed by atoms with Crippen molar-refractivity contribution in [2.24, 2.45) is 7.05 Å². The van der Waals surface area contributed by atoms with Crippen LogP contribution in [0, 0.1) is 0 Å². The first-order valence-corrected chi connectivity index (χ1v) is 4.89. The molecule has 2 heterocycles. The van der Waals surface area contributed by atoms with Gasteiger partial charge in [0.05, 0.1) is 0 Å². The van der Waals surface area contributed by atoms with Gasteiger partial charge in [-0.15, -0.1) is 11.8 Å². The van der Waals surface area contributed by atoms with Crippen LogP contribution in [0.25, 0.3) is 4.91 Å². The first-order valence-electron chi connectivity index (χ1n) is 3.90. The van der Waals surface area contributed by atoms with Crippen molar-refractivity contribution in [1.82, 2.24) is 9.78 Å². The van der Waals surface area contributed by atoms with Crippen LogP contribution in [0.15, 0.2) is 12.1 Å². The molecule has 0 amide bonds. The van der Waals surface area contributed by atoms with E-state index in [2.05, 4.69) is 11.2 Å². The van der Waals surface area contributed by atoms with Gasteiger partial charge in [0, 0.05) is 23.8 Å². The number of nitrogen functional groups attached to an aromatic ring is 1. The van der Waals surface area contributed by atoms with E-state index >= 15 is 0 Å². The number of anilines is 1. The van der Waals surface area contributed by atoms with Crippen molar-refractivity contribution in [2.75, 3.05) is 11.5 Å². The molecule has 2 N–H and O–H groups in total. The number of aryl methyl sites for hydroxylation is 1. The molecule has 64 valence electrons. The molecule has 0 saturated heterocycles. The zero-order valence-electron chi connectivity index (χ0n) is 6.95. The minimum absolute atomic E-state index is 0.721. The SMILES string of the molecule is Cn1nc(C2=CCCS2)cc1N.